The minimum absolute atomic E-state index is 0.244. The van der Waals surface area contributed by atoms with Crippen molar-refractivity contribution in [2.24, 2.45) is 0 Å². The van der Waals surface area contributed by atoms with Gasteiger partial charge in [0.05, 0.1) is 12.2 Å². The Morgan fingerprint density at radius 1 is 0.939 bits per heavy atom. The fraction of sp³-hybridized carbons (Fsp3) is 0.500. The van der Waals surface area contributed by atoms with Gasteiger partial charge in [-0.3, -0.25) is 0 Å². The molecule has 2 aromatic rings. The second kappa shape index (κ2) is 9.64. The van der Waals surface area contributed by atoms with Crippen molar-refractivity contribution >= 4 is 18.0 Å². The van der Waals surface area contributed by atoms with E-state index in [-0.39, 0.29) is 18.8 Å². The summed E-state index contributed by atoms with van der Waals surface area (Å²) in [6.07, 6.45) is 1.61. The molecule has 0 aliphatic carbocycles. The smallest absolute Gasteiger partial charge is 0.410 e. The number of anilines is 1. The van der Waals surface area contributed by atoms with Gasteiger partial charge in [0.1, 0.15) is 24.4 Å². The maximum atomic E-state index is 12.7. The third-order valence-electron chi connectivity index (χ3n) is 5.67. The summed E-state index contributed by atoms with van der Waals surface area (Å²) in [6.45, 7) is 9.19. The Morgan fingerprint density at radius 3 is 2.36 bits per heavy atom. The number of hydrogen-bond acceptors (Lipinski definition) is 7. The summed E-state index contributed by atoms with van der Waals surface area (Å²) in [6, 6.07) is 9.64. The quantitative estimate of drug-likeness (QED) is 0.705. The number of nitrogens with zero attached hydrogens (tertiary/aromatic N) is 5. The average molecular weight is 454 g/mol. The normalized spacial score (nSPS) is 16.3. The van der Waals surface area contributed by atoms with Gasteiger partial charge >= 0.3 is 12.2 Å². The maximum Gasteiger partial charge on any atom is 0.410 e. The molecule has 0 spiro atoms. The van der Waals surface area contributed by atoms with E-state index in [2.05, 4.69) is 14.9 Å². The number of ether oxygens (including phenoxy) is 2. The Hall–Kier alpha value is -3.36. The van der Waals surface area contributed by atoms with Gasteiger partial charge < -0.3 is 24.2 Å². The predicted octanol–water partition coefficient (Wildman–Crippen LogP) is 3.23. The molecule has 4 rings (SSSR count). The molecule has 0 N–H and O–H groups in total. The Bertz CT molecular complexity index is 984. The predicted molar refractivity (Wildman–Crippen MR) is 123 cm³/mol. The molecule has 1 aromatic heterocycles. The van der Waals surface area contributed by atoms with Crippen LogP contribution in [0.1, 0.15) is 37.6 Å². The summed E-state index contributed by atoms with van der Waals surface area (Å²) in [4.78, 5) is 39.6. The maximum absolute atomic E-state index is 12.7. The first-order valence-electron chi connectivity index (χ1n) is 11.3. The van der Waals surface area contributed by atoms with E-state index in [4.69, 9.17) is 9.47 Å². The molecule has 1 fully saturated rings. The highest BCUT2D eigenvalue weighted by atomic mass is 16.6. The van der Waals surface area contributed by atoms with Gasteiger partial charge in [-0.25, -0.2) is 19.6 Å². The lowest BCUT2D eigenvalue weighted by Crippen LogP contribution is -2.50. The molecule has 3 heterocycles. The van der Waals surface area contributed by atoms with Crippen molar-refractivity contribution in [1.82, 2.24) is 19.8 Å². The van der Waals surface area contributed by atoms with Crippen LogP contribution in [0.4, 0.5) is 15.4 Å². The number of aromatic nitrogens is 2. The lowest BCUT2D eigenvalue weighted by atomic mass is 10.1. The Kier molecular flexibility index (Phi) is 6.67. The topological polar surface area (TPSA) is 88.1 Å². The molecule has 0 unspecified atom stereocenters. The van der Waals surface area contributed by atoms with E-state index in [1.807, 2.05) is 51.1 Å². The molecular weight excluding hydrogens is 422 g/mol. The highest BCUT2D eigenvalue weighted by Gasteiger charge is 2.30. The van der Waals surface area contributed by atoms with E-state index >= 15 is 0 Å². The van der Waals surface area contributed by atoms with E-state index < -0.39 is 5.60 Å². The van der Waals surface area contributed by atoms with E-state index in [0.717, 1.165) is 22.6 Å². The number of benzene rings is 1. The second-order valence-electron chi connectivity index (χ2n) is 9.29. The minimum atomic E-state index is -0.515. The fourth-order valence-corrected chi connectivity index (χ4v) is 3.99. The highest BCUT2D eigenvalue weighted by Crippen LogP contribution is 2.27. The third kappa shape index (κ3) is 5.71. The number of hydrogen-bond donors (Lipinski definition) is 0. The van der Waals surface area contributed by atoms with Crippen molar-refractivity contribution in [2.75, 3.05) is 37.6 Å². The van der Waals surface area contributed by atoms with Crippen LogP contribution < -0.4 is 4.90 Å². The molecule has 1 saturated heterocycles. The van der Waals surface area contributed by atoms with Gasteiger partial charge in [0.2, 0.25) is 0 Å². The third-order valence-corrected chi connectivity index (χ3v) is 5.67. The molecule has 0 saturated carbocycles. The lowest BCUT2D eigenvalue weighted by Gasteiger charge is -2.38. The van der Waals surface area contributed by atoms with Crippen LogP contribution in [-0.2, 0) is 29.0 Å². The number of amides is 2. The van der Waals surface area contributed by atoms with E-state index in [0.29, 0.717) is 45.7 Å². The van der Waals surface area contributed by atoms with Gasteiger partial charge in [-0.2, -0.15) is 0 Å². The van der Waals surface area contributed by atoms with Gasteiger partial charge in [-0.05, 0) is 26.3 Å². The summed E-state index contributed by atoms with van der Waals surface area (Å²) in [5.74, 6) is 0.824. The SMILES string of the molecule is CC(C)(C)OC(=O)N1CCN(c2ncnc3c2CN(C(=O)OCc2ccccc2)CC3)CC1. The van der Waals surface area contributed by atoms with Crippen LogP contribution in [0.5, 0.6) is 0 Å². The van der Waals surface area contributed by atoms with Crippen LogP contribution in [-0.4, -0.2) is 70.3 Å². The molecule has 2 aliphatic rings. The standard InChI is InChI=1S/C24H31N5O4/c1-24(2,3)33-23(31)28-13-11-27(12-14-28)21-19-15-29(10-9-20(19)25-17-26-21)22(30)32-16-18-7-5-4-6-8-18/h4-8,17H,9-16H2,1-3H3. The molecule has 2 aliphatic heterocycles. The van der Waals surface area contributed by atoms with Crippen LogP contribution in [0.15, 0.2) is 36.7 Å². The van der Waals surface area contributed by atoms with Crippen molar-refractivity contribution in [3.05, 3.63) is 53.5 Å². The van der Waals surface area contributed by atoms with Gasteiger partial charge in [0, 0.05) is 44.7 Å². The van der Waals surface area contributed by atoms with Crippen LogP contribution in [0.3, 0.4) is 0 Å². The van der Waals surface area contributed by atoms with Crippen molar-refractivity contribution in [1.29, 1.82) is 0 Å². The van der Waals surface area contributed by atoms with Gasteiger partial charge in [0.15, 0.2) is 0 Å². The second-order valence-corrected chi connectivity index (χ2v) is 9.29. The van der Waals surface area contributed by atoms with E-state index in [1.54, 1.807) is 16.1 Å². The van der Waals surface area contributed by atoms with E-state index in [1.165, 1.54) is 0 Å². The van der Waals surface area contributed by atoms with Crippen LogP contribution in [0, 0.1) is 0 Å². The van der Waals surface area contributed by atoms with Crippen LogP contribution >= 0.6 is 0 Å². The first-order chi connectivity index (χ1) is 15.8. The number of carbonyl (C=O) groups is 2. The van der Waals surface area contributed by atoms with Crippen LogP contribution in [0.2, 0.25) is 0 Å². The van der Waals surface area contributed by atoms with Crippen molar-refractivity contribution in [3.8, 4) is 0 Å². The first kappa shape index (κ1) is 22.8. The zero-order chi connectivity index (χ0) is 23.4. The molecule has 0 bridgehead atoms. The molecule has 9 heteroatoms. The monoisotopic (exact) mass is 453 g/mol. The zero-order valence-corrected chi connectivity index (χ0v) is 19.5. The minimum Gasteiger partial charge on any atom is -0.445 e. The Balaban J connectivity index is 1.38. The summed E-state index contributed by atoms with van der Waals surface area (Å²) < 4.78 is 11.0. The number of carbonyl (C=O) groups excluding carboxylic acids is 2. The summed E-state index contributed by atoms with van der Waals surface area (Å²) in [5.41, 5.74) is 2.35. The molecule has 9 nitrogen and oxygen atoms in total. The summed E-state index contributed by atoms with van der Waals surface area (Å²) >= 11 is 0. The Labute approximate surface area is 194 Å². The number of rotatable bonds is 3. The molecule has 0 radical (unpaired) electrons. The van der Waals surface area contributed by atoms with Crippen molar-refractivity contribution in [2.45, 2.75) is 45.9 Å². The largest absolute Gasteiger partial charge is 0.445 e. The van der Waals surface area contributed by atoms with E-state index in [9.17, 15) is 9.59 Å². The molecule has 176 valence electrons. The van der Waals surface area contributed by atoms with Gasteiger partial charge in [-0.15, -0.1) is 0 Å². The molecule has 0 atom stereocenters. The Morgan fingerprint density at radius 2 is 1.67 bits per heavy atom. The molecule has 2 amide bonds. The highest BCUT2D eigenvalue weighted by molar-refractivity contribution is 5.70. The molecule has 33 heavy (non-hydrogen) atoms. The first-order valence-corrected chi connectivity index (χ1v) is 11.3. The number of fused-ring (bicyclic) bond motifs is 1. The molecular formula is C24H31N5O4. The zero-order valence-electron chi connectivity index (χ0n) is 19.5. The summed E-state index contributed by atoms with van der Waals surface area (Å²) in [7, 11) is 0. The number of piperazine rings is 1. The van der Waals surface area contributed by atoms with Crippen molar-refractivity contribution < 1.29 is 19.1 Å². The average Bonchev–Trinajstić information content (AvgIpc) is 2.81. The van der Waals surface area contributed by atoms with Gasteiger partial charge in [-0.1, -0.05) is 30.3 Å². The lowest BCUT2D eigenvalue weighted by molar-refractivity contribution is 0.0240. The van der Waals surface area contributed by atoms with Crippen molar-refractivity contribution in [3.63, 3.8) is 0 Å². The van der Waals surface area contributed by atoms with Crippen LogP contribution in [0.25, 0.3) is 0 Å². The fourth-order valence-electron chi connectivity index (χ4n) is 3.99. The van der Waals surface area contributed by atoms with Gasteiger partial charge in [0.25, 0.3) is 0 Å². The summed E-state index contributed by atoms with van der Waals surface area (Å²) in [5, 5.41) is 0. The molecule has 1 aromatic carbocycles.